The van der Waals surface area contributed by atoms with Crippen molar-refractivity contribution in [2.75, 3.05) is 12.3 Å². The van der Waals surface area contributed by atoms with E-state index in [1.54, 1.807) is 10.9 Å². The molecule has 7 nitrogen and oxygen atoms in total. The zero-order valence-electron chi connectivity index (χ0n) is 10.8. The van der Waals surface area contributed by atoms with Gasteiger partial charge in [0, 0.05) is 29.4 Å². The quantitative estimate of drug-likeness (QED) is 0.580. The molecule has 1 heterocycles. The number of nitrogens with two attached hydrogens (primary N) is 1. The highest BCUT2D eigenvalue weighted by molar-refractivity contribution is 9.10. The highest BCUT2D eigenvalue weighted by atomic mass is 79.9. The van der Waals surface area contributed by atoms with Gasteiger partial charge in [0.05, 0.1) is 6.20 Å². The summed E-state index contributed by atoms with van der Waals surface area (Å²) in [5.41, 5.74) is 5.73. The number of nitrogens with one attached hydrogen (secondary N) is 1. The second-order valence-corrected chi connectivity index (χ2v) is 6.81. The van der Waals surface area contributed by atoms with Crippen molar-refractivity contribution >= 4 is 31.6 Å². The van der Waals surface area contributed by atoms with Gasteiger partial charge in [-0.25, -0.2) is 17.5 Å². The van der Waals surface area contributed by atoms with Gasteiger partial charge in [-0.15, -0.1) is 5.10 Å². The average molecular weight is 378 g/mol. The Labute approximate surface area is 129 Å². The van der Waals surface area contributed by atoms with Crippen molar-refractivity contribution in [3.8, 4) is 0 Å². The Balaban J connectivity index is 2.00. The van der Waals surface area contributed by atoms with E-state index in [-0.39, 0.29) is 12.2 Å². The molecule has 0 unspecified atom stereocenters. The molecule has 2 aromatic rings. The Hall–Kier alpha value is -1.52. The van der Waals surface area contributed by atoms with Crippen LogP contribution in [0.5, 0.6) is 0 Å². The first-order valence-electron chi connectivity index (χ1n) is 5.98. The third-order valence-electron chi connectivity index (χ3n) is 2.67. The predicted molar refractivity (Wildman–Crippen MR) is 78.3 cm³/mol. The average Bonchev–Trinajstić information content (AvgIpc) is 2.92. The summed E-state index contributed by atoms with van der Waals surface area (Å²) in [7, 11) is -3.94. The summed E-state index contributed by atoms with van der Waals surface area (Å²) in [6.45, 7) is 0.658. The highest BCUT2D eigenvalue weighted by Crippen LogP contribution is 2.25. The number of benzene rings is 1. The van der Waals surface area contributed by atoms with Crippen molar-refractivity contribution in [1.82, 2.24) is 19.7 Å². The van der Waals surface area contributed by atoms with Crippen LogP contribution in [0.15, 0.2) is 33.9 Å². The van der Waals surface area contributed by atoms with Crippen LogP contribution < -0.4 is 10.5 Å². The Morgan fingerprint density at radius 2 is 2.19 bits per heavy atom. The summed E-state index contributed by atoms with van der Waals surface area (Å²) < 4.78 is 42.0. The topological polar surface area (TPSA) is 103 Å². The van der Waals surface area contributed by atoms with Crippen LogP contribution in [0, 0.1) is 5.82 Å². The fraction of sp³-hybridized carbons (Fsp3) is 0.273. The lowest BCUT2D eigenvalue weighted by atomic mass is 10.3. The number of halogens is 2. The molecule has 0 saturated carbocycles. The summed E-state index contributed by atoms with van der Waals surface area (Å²) in [6, 6.07) is 2.11. The first kappa shape index (κ1) is 15.9. The van der Waals surface area contributed by atoms with Crippen LogP contribution in [0.2, 0.25) is 0 Å². The van der Waals surface area contributed by atoms with Crippen LogP contribution in [0.4, 0.5) is 10.1 Å². The standard InChI is InChI=1S/C11H13BrFN5O2S/c12-8-6-9(13)11(7-10(8)14)21(19,20)16-2-1-4-18-5-3-15-17-18/h3,5-7,16H,1-2,4,14H2. The molecule has 0 saturated heterocycles. The number of rotatable bonds is 6. The van der Waals surface area contributed by atoms with Crippen LogP contribution in [-0.2, 0) is 16.6 Å². The fourth-order valence-corrected chi connectivity index (χ4v) is 3.11. The number of sulfonamides is 1. The molecule has 1 aromatic heterocycles. The largest absolute Gasteiger partial charge is 0.398 e. The van der Waals surface area contributed by atoms with Gasteiger partial charge in [-0.2, -0.15) is 0 Å². The number of hydrogen-bond donors (Lipinski definition) is 2. The molecule has 0 aliphatic carbocycles. The molecule has 0 spiro atoms. The van der Waals surface area contributed by atoms with Crippen LogP contribution in [0.3, 0.4) is 0 Å². The van der Waals surface area contributed by atoms with E-state index in [0.717, 1.165) is 12.1 Å². The van der Waals surface area contributed by atoms with Gasteiger partial charge < -0.3 is 5.73 Å². The Morgan fingerprint density at radius 3 is 2.86 bits per heavy atom. The minimum atomic E-state index is -3.94. The minimum absolute atomic E-state index is 0.150. The summed E-state index contributed by atoms with van der Waals surface area (Å²) >= 11 is 3.04. The number of nitrogen functional groups attached to an aromatic ring is 1. The van der Waals surface area contributed by atoms with Crippen LogP contribution in [-0.4, -0.2) is 30.0 Å². The molecule has 10 heteroatoms. The Kier molecular flexibility index (Phi) is 4.91. The Morgan fingerprint density at radius 1 is 1.43 bits per heavy atom. The first-order valence-corrected chi connectivity index (χ1v) is 8.26. The summed E-state index contributed by atoms with van der Waals surface area (Å²) in [5, 5.41) is 7.38. The van der Waals surface area contributed by atoms with Gasteiger partial charge in [-0.1, -0.05) is 5.21 Å². The van der Waals surface area contributed by atoms with Crippen LogP contribution in [0.25, 0.3) is 0 Å². The normalized spacial score (nSPS) is 11.7. The molecule has 1 aromatic carbocycles. The second-order valence-electron chi connectivity index (χ2n) is 4.22. The lowest BCUT2D eigenvalue weighted by molar-refractivity contribution is 0.535. The first-order chi connectivity index (χ1) is 9.90. The number of nitrogens with zero attached hydrogens (tertiary/aromatic N) is 3. The van der Waals surface area contributed by atoms with E-state index in [1.807, 2.05) is 0 Å². The van der Waals surface area contributed by atoms with E-state index in [1.165, 1.54) is 6.20 Å². The SMILES string of the molecule is Nc1cc(S(=O)(=O)NCCCn2ccnn2)c(F)cc1Br. The molecule has 21 heavy (non-hydrogen) atoms. The van der Waals surface area contributed by atoms with Crippen molar-refractivity contribution in [2.45, 2.75) is 17.9 Å². The summed E-state index contributed by atoms with van der Waals surface area (Å²) in [5.74, 6) is -0.861. The molecule has 114 valence electrons. The highest BCUT2D eigenvalue weighted by Gasteiger charge is 2.20. The van der Waals surface area contributed by atoms with Crippen LogP contribution in [0.1, 0.15) is 6.42 Å². The summed E-state index contributed by atoms with van der Waals surface area (Å²) in [6.07, 6.45) is 3.70. The number of anilines is 1. The number of aryl methyl sites for hydroxylation is 1. The van der Waals surface area contributed by atoms with Gasteiger partial charge in [0.1, 0.15) is 10.7 Å². The van der Waals surface area contributed by atoms with Crippen LogP contribution >= 0.6 is 15.9 Å². The smallest absolute Gasteiger partial charge is 0.243 e. The zero-order valence-corrected chi connectivity index (χ0v) is 13.2. The van der Waals surface area contributed by atoms with Gasteiger partial charge in [-0.05, 0) is 34.5 Å². The minimum Gasteiger partial charge on any atom is -0.398 e. The molecule has 0 aliphatic heterocycles. The molecule has 3 N–H and O–H groups in total. The van der Waals surface area contributed by atoms with E-state index in [9.17, 15) is 12.8 Å². The lowest BCUT2D eigenvalue weighted by Gasteiger charge is -2.09. The maximum absolute atomic E-state index is 13.7. The van der Waals surface area contributed by atoms with Gasteiger partial charge in [0.25, 0.3) is 0 Å². The molecular weight excluding hydrogens is 365 g/mol. The second kappa shape index (κ2) is 6.50. The molecule has 0 radical (unpaired) electrons. The van der Waals surface area contributed by atoms with E-state index in [0.29, 0.717) is 17.4 Å². The van der Waals surface area contributed by atoms with Gasteiger partial charge >= 0.3 is 0 Å². The lowest BCUT2D eigenvalue weighted by Crippen LogP contribution is -2.26. The van der Waals surface area contributed by atoms with E-state index >= 15 is 0 Å². The maximum Gasteiger partial charge on any atom is 0.243 e. The third-order valence-corrected chi connectivity index (χ3v) is 4.83. The Bertz CT molecular complexity index is 720. The van der Waals surface area contributed by atoms with Crippen molar-refractivity contribution in [3.05, 3.63) is 34.8 Å². The molecule has 2 rings (SSSR count). The molecule has 0 atom stereocenters. The van der Waals surface area contributed by atoms with Gasteiger partial charge in [-0.3, -0.25) is 4.68 Å². The van der Waals surface area contributed by atoms with Gasteiger partial charge in [0.2, 0.25) is 10.0 Å². The molecule has 0 aliphatic rings. The van der Waals surface area contributed by atoms with Crippen molar-refractivity contribution in [1.29, 1.82) is 0 Å². The number of hydrogen-bond acceptors (Lipinski definition) is 5. The zero-order chi connectivity index (χ0) is 15.5. The van der Waals surface area contributed by atoms with E-state index in [4.69, 9.17) is 5.73 Å². The van der Waals surface area contributed by atoms with Crippen molar-refractivity contribution < 1.29 is 12.8 Å². The van der Waals surface area contributed by atoms with Crippen molar-refractivity contribution in [2.24, 2.45) is 0 Å². The summed E-state index contributed by atoms with van der Waals surface area (Å²) in [4.78, 5) is -0.469. The predicted octanol–water partition coefficient (Wildman–Crippen LogP) is 1.13. The molecule has 0 fully saturated rings. The maximum atomic E-state index is 13.7. The number of aromatic nitrogens is 3. The molecule has 0 amide bonds. The van der Waals surface area contributed by atoms with Gasteiger partial charge in [0.15, 0.2) is 0 Å². The third kappa shape index (κ3) is 3.99. The molecule has 0 bridgehead atoms. The van der Waals surface area contributed by atoms with E-state index in [2.05, 4.69) is 31.0 Å². The van der Waals surface area contributed by atoms with Crippen molar-refractivity contribution in [3.63, 3.8) is 0 Å². The monoisotopic (exact) mass is 377 g/mol. The molecular formula is C11H13BrFN5O2S. The van der Waals surface area contributed by atoms with E-state index < -0.39 is 20.7 Å². The fourth-order valence-electron chi connectivity index (χ4n) is 1.63.